The zero-order valence-corrected chi connectivity index (χ0v) is 17.0. The molecule has 1 atom stereocenters. The lowest BCUT2D eigenvalue weighted by atomic mass is 9.95. The van der Waals surface area contributed by atoms with Gasteiger partial charge in [0, 0.05) is 42.8 Å². The summed E-state index contributed by atoms with van der Waals surface area (Å²) in [7, 11) is 0. The van der Waals surface area contributed by atoms with Gasteiger partial charge in [0.05, 0.1) is 18.9 Å². The average molecular weight is 415 g/mol. The Morgan fingerprint density at radius 1 is 1.24 bits per heavy atom. The number of nitrogens with one attached hydrogen (secondary N) is 1. The van der Waals surface area contributed by atoms with Crippen LogP contribution in [0.5, 0.6) is 0 Å². The van der Waals surface area contributed by atoms with E-state index in [0.29, 0.717) is 23.7 Å². The van der Waals surface area contributed by atoms with Crippen LogP contribution in [0.3, 0.4) is 0 Å². The van der Waals surface area contributed by atoms with E-state index >= 15 is 0 Å². The van der Waals surface area contributed by atoms with Crippen LogP contribution >= 0.6 is 11.6 Å². The van der Waals surface area contributed by atoms with Gasteiger partial charge in [-0.15, -0.1) is 0 Å². The van der Waals surface area contributed by atoms with Crippen molar-refractivity contribution >= 4 is 29.0 Å². The number of pyridine rings is 1. The Morgan fingerprint density at radius 2 is 2.03 bits per heavy atom. The van der Waals surface area contributed by atoms with E-state index in [9.17, 15) is 4.79 Å². The summed E-state index contributed by atoms with van der Waals surface area (Å²) in [5.74, 6) is 0.702. The summed E-state index contributed by atoms with van der Waals surface area (Å²) in [4.78, 5) is 24.9. The minimum atomic E-state index is -1.06. The third-order valence-electron chi connectivity index (χ3n) is 5.12. The molecule has 0 saturated carbocycles. The number of anilines is 1. The predicted molar refractivity (Wildman–Crippen MR) is 111 cm³/mol. The number of aromatic nitrogens is 1. The Hall–Kier alpha value is -2.64. The summed E-state index contributed by atoms with van der Waals surface area (Å²) < 4.78 is 5.36. The third-order valence-corrected chi connectivity index (χ3v) is 5.45. The Morgan fingerprint density at radius 3 is 2.76 bits per heavy atom. The fourth-order valence-electron chi connectivity index (χ4n) is 3.37. The maximum absolute atomic E-state index is 12.7. The molecule has 2 aliphatic rings. The molecule has 3 heterocycles. The van der Waals surface area contributed by atoms with Crippen molar-refractivity contribution in [2.45, 2.75) is 25.5 Å². The number of hydrogen-bond donors (Lipinski definition) is 1. The molecule has 1 aromatic heterocycles. The number of hydrogen-bond acceptors (Lipinski definition) is 6. The molecule has 0 aliphatic carbocycles. The summed E-state index contributed by atoms with van der Waals surface area (Å²) in [5, 5.41) is 7.61. The van der Waals surface area contributed by atoms with Gasteiger partial charge in [-0.05, 0) is 24.6 Å². The topological polar surface area (TPSA) is 76.1 Å². The highest BCUT2D eigenvalue weighted by atomic mass is 35.5. The van der Waals surface area contributed by atoms with Crippen LogP contribution < -0.4 is 10.2 Å². The number of rotatable bonds is 5. The monoisotopic (exact) mass is 414 g/mol. The molecule has 0 unspecified atom stereocenters. The van der Waals surface area contributed by atoms with Gasteiger partial charge in [-0.2, -0.15) is 0 Å². The molecule has 1 N–H and O–H groups in total. The normalized spacial score (nSPS) is 21.4. The van der Waals surface area contributed by atoms with E-state index in [1.807, 2.05) is 30.3 Å². The highest BCUT2D eigenvalue weighted by molar-refractivity contribution is 6.34. The molecule has 7 nitrogen and oxygen atoms in total. The molecule has 2 aliphatic heterocycles. The van der Waals surface area contributed by atoms with Gasteiger partial charge in [-0.3, -0.25) is 4.79 Å². The largest absolute Gasteiger partial charge is 0.379 e. The fourth-order valence-corrected chi connectivity index (χ4v) is 3.62. The number of carbonyl (C=O) groups excluding carboxylic acids is 1. The minimum Gasteiger partial charge on any atom is -0.379 e. The van der Waals surface area contributed by atoms with Gasteiger partial charge in [0.2, 0.25) is 5.60 Å². The van der Waals surface area contributed by atoms with Crippen molar-refractivity contribution in [3.05, 3.63) is 58.7 Å². The summed E-state index contributed by atoms with van der Waals surface area (Å²) in [5.41, 5.74) is 1.32. The third kappa shape index (κ3) is 4.36. The molecule has 1 fully saturated rings. The van der Waals surface area contributed by atoms with E-state index in [1.165, 1.54) is 0 Å². The van der Waals surface area contributed by atoms with E-state index in [1.54, 1.807) is 19.2 Å². The highest BCUT2D eigenvalue weighted by Gasteiger charge is 2.42. The van der Waals surface area contributed by atoms with Crippen molar-refractivity contribution in [2.24, 2.45) is 5.16 Å². The first-order valence-electron chi connectivity index (χ1n) is 9.61. The van der Waals surface area contributed by atoms with Crippen molar-refractivity contribution in [3.63, 3.8) is 0 Å². The van der Waals surface area contributed by atoms with Gasteiger partial charge in [0.1, 0.15) is 5.82 Å². The van der Waals surface area contributed by atoms with Crippen LogP contribution in [-0.2, 0) is 20.9 Å². The quantitative estimate of drug-likeness (QED) is 0.814. The smallest absolute Gasteiger partial charge is 0.267 e. The Balaban J connectivity index is 1.33. The molecule has 0 bridgehead atoms. The molecular weight excluding hydrogens is 392 g/mol. The minimum absolute atomic E-state index is 0.222. The summed E-state index contributed by atoms with van der Waals surface area (Å²) in [6.45, 7) is 5.22. The van der Waals surface area contributed by atoms with Gasteiger partial charge < -0.3 is 19.8 Å². The van der Waals surface area contributed by atoms with Gasteiger partial charge >= 0.3 is 0 Å². The number of amides is 1. The van der Waals surface area contributed by atoms with E-state index in [4.69, 9.17) is 21.2 Å². The van der Waals surface area contributed by atoms with Gasteiger partial charge in [0.25, 0.3) is 5.91 Å². The second kappa shape index (κ2) is 8.39. The van der Waals surface area contributed by atoms with Crippen LogP contribution in [0, 0.1) is 0 Å². The van der Waals surface area contributed by atoms with Crippen LogP contribution in [0.15, 0.2) is 47.8 Å². The van der Waals surface area contributed by atoms with Crippen molar-refractivity contribution in [3.8, 4) is 0 Å². The van der Waals surface area contributed by atoms with E-state index in [2.05, 4.69) is 20.4 Å². The lowest BCUT2D eigenvalue weighted by Crippen LogP contribution is -2.44. The zero-order chi connectivity index (χ0) is 20.3. The number of carbonyl (C=O) groups is 1. The average Bonchev–Trinajstić information content (AvgIpc) is 3.16. The molecule has 1 amide bonds. The maximum atomic E-state index is 12.7. The van der Waals surface area contributed by atoms with Crippen molar-refractivity contribution in [1.29, 1.82) is 0 Å². The molecule has 4 rings (SSSR count). The van der Waals surface area contributed by atoms with Crippen LogP contribution in [0.1, 0.15) is 24.5 Å². The fraction of sp³-hybridized carbons (Fsp3) is 0.381. The summed E-state index contributed by atoms with van der Waals surface area (Å²) >= 11 is 6.23. The van der Waals surface area contributed by atoms with E-state index in [0.717, 1.165) is 43.2 Å². The Kier molecular flexibility index (Phi) is 5.69. The number of nitrogens with zero attached hydrogens (tertiary/aromatic N) is 3. The predicted octanol–water partition coefficient (Wildman–Crippen LogP) is 2.77. The van der Waals surface area contributed by atoms with E-state index < -0.39 is 5.60 Å². The number of morpholine rings is 1. The first-order valence-corrected chi connectivity index (χ1v) is 9.99. The van der Waals surface area contributed by atoms with Crippen LogP contribution in [-0.4, -0.2) is 48.5 Å². The Bertz CT molecular complexity index is 912. The maximum Gasteiger partial charge on any atom is 0.267 e. The molecule has 8 heteroatoms. The number of benzene rings is 1. The molecule has 0 radical (unpaired) electrons. The molecular formula is C21H23ClN4O3. The SMILES string of the molecule is C[C@]1(C(=O)NCc2ccc(N3CCOCC3)nc2)CC(c2ccccc2Cl)=NO1. The number of oxime groups is 1. The number of ether oxygens (including phenoxy) is 1. The van der Waals surface area contributed by atoms with Crippen molar-refractivity contribution in [2.75, 3.05) is 31.2 Å². The van der Waals surface area contributed by atoms with Crippen molar-refractivity contribution < 1.29 is 14.4 Å². The molecule has 152 valence electrons. The lowest BCUT2D eigenvalue weighted by molar-refractivity contribution is -0.141. The lowest BCUT2D eigenvalue weighted by Gasteiger charge is -2.27. The van der Waals surface area contributed by atoms with Gasteiger partial charge in [-0.25, -0.2) is 4.98 Å². The van der Waals surface area contributed by atoms with Crippen LogP contribution in [0.2, 0.25) is 5.02 Å². The Labute approximate surface area is 174 Å². The second-order valence-electron chi connectivity index (χ2n) is 7.32. The summed E-state index contributed by atoms with van der Waals surface area (Å²) in [6, 6.07) is 11.3. The van der Waals surface area contributed by atoms with E-state index in [-0.39, 0.29) is 5.91 Å². The molecule has 1 saturated heterocycles. The highest BCUT2D eigenvalue weighted by Crippen LogP contribution is 2.29. The number of halogens is 1. The summed E-state index contributed by atoms with van der Waals surface area (Å²) in [6.07, 6.45) is 2.14. The standard InChI is InChI=1S/C21H23ClN4O3/c1-21(12-18(25-29-21)16-4-2-3-5-17(16)22)20(27)24-14-15-6-7-19(23-13-15)26-8-10-28-11-9-26/h2-7,13H,8-12,14H2,1H3,(H,24,27)/t21-/m1/s1. The van der Waals surface area contributed by atoms with Crippen LogP contribution in [0.4, 0.5) is 5.82 Å². The van der Waals surface area contributed by atoms with Gasteiger partial charge in [-0.1, -0.05) is 41.0 Å². The first kappa shape index (κ1) is 19.7. The van der Waals surface area contributed by atoms with Crippen LogP contribution in [0.25, 0.3) is 0 Å². The second-order valence-corrected chi connectivity index (χ2v) is 7.73. The molecule has 2 aromatic rings. The molecule has 0 spiro atoms. The first-order chi connectivity index (χ1) is 14.0. The zero-order valence-electron chi connectivity index (χ0n) is 16.2. The molecule has 1 aromatic carbocycles. The van der Waals surface area contributed by atoms with Gasteiger partial charge in [0.15, 0.2) is 0 Å². The van der Waals surface area contributed by atoms with Crippen molar-refractivity contribution in [1.82, 2.24) is 10.3 Å². The molecule has 29 heavy (non-hydrogen) atoms.